The van der Waals surface area contributed by atoms with E-state index in [1.807, 2.05) is 0 Å². The van der Waals surface area contributed by atoms with E-state index in [9.17, 15) is 0 Å². The van der Waals surface area contributed by atoms with Gasteiger partial charge in [-0.05, 0) is 29.4 Å². The van der Waals surface area contributed by atoms with E-state index in [1.165, 1.54) is 29.7 Å². The van der Waals surface area contributed by atoms with Crippen LogP contribution in [0, 0.1) is 5.41 Å². The van der Waals surface area contributed by atoms with Crippen LogP contribution in [0.15, 0.2) is 18.2 Å². The van der Waals surface area contributed by atoms with Crippen LogP contribution < -0.4 is 10.6 Å². The van der Waals surface area contributed by atoms with Gasteiger partial charge in [0, 0.05) is 25.3 Å². The van der Waals surface area contributed by atoms with Gasteiger partial charge < -0.3 is 10.6 Å². The minimum atomic E-state index is 0. The average molecular weight is 269 g/mol. The zero-order chi connectivity index (χ0) is 12.3. The van der Waals surface area contributed by atoms with Crippen LogP contribution >= 0.6 is 12.4 Å². The maximum atomic E-state index is 3.58. The Morgan fingerprint density at radius 2 is 2.11 bits per heavy atom. The SMILES string of the molecule is CCC(C)(C)CNCc1cccc2c1NCC2.Cl. The van der Waals surface area contributed by atoms with Crippen LogP contribution in [0.5, 0.6) is 0 Å². The molecule has 0 saturated carbocycles. The molecule has 2 rings (SSSR count). The summed E-state index contributed by atoms with van der Waals surface area (Å²) in [6.07, 6.45) is 2.38. The smallest absolute Gasteiger partial charge is 0.0419 e. The summed E-state index contributed by atoms with van der Waals surface area (Å²) in [7, 11) is 0. The summed E-state index contributed by atoms with van der Waals surface area (Å²) in [6, 6.07) is 6.63. The van der Waals surface area contributed by atoms with E-state index in [1.54, 1.807) is 0 Å². The lowest BCUT2D eigenvalue weighted by Crippen LogP contribution is -2.28. The van der Waals surface area contributed by atoms with E-state index in [0.717, 1.165) is 19.6 Å². The molecule has 3 heteroatoms. The van der Waals surface area contributed by atoms with Gasteiger partial charge in [-0.15, -0.1) is 12.4 Å². The van der Waals surface area contributed by atoms with E-state index in [0.29, 0.717) is 5.41 Å². The fraction of sp³-hybridized carbons (Fsp3) is 0.600. The molecule has 102 valence electrons. The largest absolute Gasteiger partial charge is 0.384 e. The summed E-state index contributed by atoms with van der Waals surface area (Å²) in [4.78, 5) is 0. The van der Waals surface area contributed by atoms with Gasteiger partial charge >= 0.3 is 0 Å². The Balaban J connectivity index is 0.00000162. The van der Waals surface area contributed by atoms with Crippen molar-refractivity contribution in [2.45, 2.75) is 40.2 Å². The Hall–Kier alpha value is -0.730. The fourth-order valence-corrected chi connectivity index (χ4v) is 2.22. The Bertz CT molecular complexity index is 388. The van der Waals surface area contributed by atoms with Crippen molar-refractivity contribution in [3.8, 4) is 0 Å². The van der Waals surface area contributed by atoms with E-state index in [-0.39, 0.29) is 12.4 Å². The van der Waals surface area contributed by atoms with E-state index >= 15 is 0 Å². The fourth-order valence-electron chi connectivity index (χ4n) is 2.22. The number of benzene rings is 1. The van der Waals surface area contributed by atoms with Crippen molar-refractivity contribution in [3.63, 3.8) is 0 Å². The predicted molar refractivity (Wildman–Crippen MR) is 81.7 cm³/mol. The average Bonchev–Trinajstić information content (AvgIpc) is 2.78. The summed E-state index contributed by atoms with van der Waals surface area (Å²) >= 11 is 0. The van der Waals surface area contributed by atoms with Crippen LogP contribution in [0.3, 0.4) is 0 Å². The van der Waals surface area contributed by atoms with Crippen molar-refractivity contribution in [2.24, 2.45) is 5.41 Å². The molecule has 18 heavy (non-hydrogen) atoms. The van der Waals surface area contributed by atoms with Crippen LogP contribution in [0.1, 0.15) is 38.3 Å². The summed E-state index contributed by atoms with van der Waals surface area (Å²) < 4.78 is 0. The van der Waals surface area contributed by atoms with E-state index < -0.39 is 0 Å². The number of hydrogen-bond acceptors (Lipinski definition) is 2. The third-order valence-electron chi connectivity index (χ3n) is 3.81. The molecule has 1 aliphatic heterocycles. The lowest BCUT2D eigenvalue weighted by molar-refractivity contribution is 0.328. The number of halogens is 1. The Kier molecular flexibility index (Phi) is 5.48. The van der Waals surface area contributed by atoms with Crippen molar-refractivity contribution >= 4 is 18.1 Å². The zero-order valence-corrected chi connectivity index (χ0v) is 12.5. The molecule has 1 aliphatic rings. The number of rotatable bonds is 5. The summed E-state index contributed by atoms with van der Waals surface area (Å²) in [5.74, 6) is 0. The highest BCUT2D eigenvalue weighted by molar-refractivity contribution is 5.85. The Morgan fingerprint density at radius 3 is 2.83 bits per heavy atom. The molecule has 0 aliphatic carbocycles. The second kappa shape index (κ2) is 6.44. The van der Waals surface area contributed by atoms with Gasteiger partial charge in [-0.3, -0.25) is 0 Å². The van der Waals surface area contributed by atoms with E-state index in [4.69, 9.17) is 0 Å². The molecule has 0 aromatic heterocycles. The summed E-state index contributed by atoms with van der Waals surface area (Å²) in [5, 5.41) is 7.07. The highest BCUT2D eigenvalue weighted by Gasteiger charge is 2.16. The molecule has 1 aromatic carbocycles. The van der Waals surface area contributed by atoms with Crippen molar-refractivity contribution in [3.05, 3.63) is 29.3 Å². The minimum Gasteiger partial charge on any atom is -0.384 e. The second-order valence-electron chi connectivity index (χ2n) is 5.75. The lowest BCUT2D eigenvalue weighted by Gasteiger charge is -2.23. The number of para-hydroxylation sites is 1. The normalized spacial score (nSPS) is 13.7. The number of nitrogens with one attached hydrogen (secondary N) is 2. The third kappa shape index (κ3) is 3.63. The van der Waals surface area contributed by atoms with Crippen molar-refractivity contribution in [1.82, 2.24) is 5.32 Å². The number of anilines is 1. The first-order valence-corrected chi connectivity index (χ1v) is 6.68. The molecule has 0 spiro atoms. The highest BCUT2D eigenvalue weighted by atomic mass is 35.5. The van der Waals surface area contributed by atoms with Crippen LogP contribution in [-0.4, -0.2) is 13.1 Å². The maximum Gasteiger partial charge on any atom is 0.0419 e. The van der Waals surface area contributed by atoms with Gasteiger partial charge in [0.15, 0.2) is 0 Å². The first-order valence-electron chi connectivity index (χ1n) is 6.68. The maximum absolute atomic E-state index is 3.58. The molecule has 0 fully saturated rings. The van der Waals surface area contributed by atoms with Gasteiger partial charge in [0.05, 0.1) is 0 Å². The molecule has 0 bridgehead atoms. The van der Waals surface area contributed by atoms with Gasteiger partial charge in [0.25, 0.3) is 0 Å². The molecule has 0 radical (unpaired) electrons. The Labute approximate surface area is 117 Å². The number of fused-ring (bicyclic) bond motifs is 1. The van der Waals surface area contributed by atoms with Gasteiger partial charge in [0.2, 0.25) is 0 Å². The predicted octanol–water partition coefficient (Wildman–Crippen LogP) is 3.60. The van der Waals surface area contributed by atoms with Gasteiger partial charge in [0.1, 0.15) is 0 Å². The molecular formula is C15H25ClN2. The first kappa shape index (κ1) is 15.3. The molecule has 0 atom stereocenters. The molecule has 0 saturated heterocycles. The molecular weight excluding hydrogens is 244 g/mol. The van der Waals surface area contributed by atoms with Crippen LogP contribution in [0.2, 0.25) is 0 Å². The quantitative estimate of drug-likeness (QED) is 0.853. The summed E-state index contributed by atoms with van der Waals surface area (Å²) in [6.45, 7) is 10.0. The minimum absolute atomic E-state index is 0. The molecule has 1 aromatic rings. The standard InChI is InChI=1S/C15H24N2.ClH/c1-4-15(2,3)11-16-10-13-7-5-6-12-8-9-17-14(12)13;/h5-7,16-17H,4,8-11H2,1-3H3;1H. The van der Waals surface area contributed by atoms with Crippen molar-refractivity contribution in [2.75, 3.05) is 18.4 Å². The van der Waals surface area contributed by atoms with Gasteiger partial charge in [-0.25, -0.2) is 0 Å². The monoisotopic (exact) mass is 268 g/mol. The third-order valence-corrected chi connectivity index (χ3v) is 3.81. The lowest BCUT2D eigenvalue weighted by atomic mass is 9.90. The molecule has 0 unspecified atom stereocenters. The first-order chi connectivity index (χ1) is 8.12. The molecule has 1 heterocycles. The van der Waals surface area contributed by atoms with Crippen LogP contribution in [0.25, 0.3) is 0 Å². The Morgan fingerprint density at radius 1 is 1.33 bits per heavy atom. The van der Waals surface area contributed by atoms with E-state index in [2.05, 4.69) is 49.6 Å². The number of hydrogen-bond donors (Lipinski definition) is 2. The molecule has 2 N–H and O–H groups in total. The highest BCUT2D eigenvalue weighted by Crippen LogP contribution is 2.26. The second-order valence-corrected chi connectivity index (χ2v) is 5.75. The summed E-state index contributed by atoms with van der Waals surface area (Å²) in [5.41, 5.74) is 4.64. The van der Waals surface area contributed by atoms with Crippen molar-refractivity contribution in [1.29, 1.82) is 0 Å². The van der Waals surface area contributed by atoms with Gasteiger partial charge in [-0.2, -0.15) is 0 Å². The zero-order valence-electron chi connectivity index (χ0n) is 11.7. The van der Waals surface area contributed by atoms with Gasteiger partial charge in [-0.1, -0.05) is 39.0 Å². The van der Waals surface area contributed by atoms with Crippen LogP contribution in [-0.2, 0) is 13.0 Å². The topological polar surface area (TPSA) is 24.1 Å². The molecule has 0 amide bonds. The van der Waals surface area contributed by atoms with Crippen molar-refractivity contribution < 1.29 is 0 Å². The van der Waals surface area contributed by atoms with Crippen LogP contribution in [0.4, 0.5) is 5.69 Å². The molecule has 2 nitrogen and oxygen atoms in total.